The highest BCUT2D eigenvalue weighted by atomic mass is 32.1. The highest BCUT2D eigenvalue weighted by molar-refractivity contribution is 7.71. The third kappa shape index (κ3) is 2.65. The molecule has 0 aliphatic heterocycles. The van der Waals surface area contributed by atoms with Crippen molar-refractivity contribution >= 4 is 12.2 Å². The van der Waals surface area contributed by atoms with Crippen molar-refractivity contribution in [3.05, 3.63) is 56.2 Å². The average Bonchev–Trinajstić information content (AvgIpc) is 2.97. The summed E-state index contributed by atoms with van der Waals surface area (Å²) in [6.07, 6.45) is 3.75. The Morgan fingerprint density at radius 2 is 2.14 bits per heavy atom. The zero-order chi connectivity index (χ0) is 14.8. The van der Waals surface area contributed by atoms with E-state index in [0.29, 0.717) is 11.2 Å². The summed E-state index contributed by atoms with van der Waals surface area (Å²) < 4.78 is 7.81. The van der Waals surface area contributed by atoms with Gasteiger partial charge in [0.2, 0.25) is 0 Å². The molecule has 0 saturated carbocycles. The van der Waals surface area contributed by atoms with Gasteiger partial charge in [-0.15, -0.1) is 0 Å². The molecule has 0 spiro atoms. The van der Waals surface area contributed by atoms with Gasteiger partial charge >= 0.3 is 5.69 Å². The second kappa shape index (κ2) is 5.85. The lowest BCUT2D eigenvalue weighted by Crippen LogP contribution is -2.27. The first-order chi connectivity index (χ1) is 10.2. The molecule has 21 heavy (non-hydrogen) atoms. The molecular weight excluding hydrogens is 284 g/mol. The maximum atomic E-state index is 12.2. The maximum Gasteiger partial charge on any atom is 0.326 e. The molecule has 1 heterocycles. The molecule has 5 heteroatoms. The Hall–Kier alpha value is -1.88. The Labute approximate surface area is 128 Å². The number of nitrogens with zero attached hydrogens (tertiary/aromatic N) is 1. The van der Waals surface area contributed by atoms with E-state index in [2.05, 4.69) is 4.98 Å². The minimum atomic E-state index is -0.101. The second-order valence-corrected chi connectivity index (χ2v) is 5.66. The van der Waals surface area contributed by atoms with Crippen molar-refractivity contribution in [2.24, 2.45) is 0 Å². The summed E-state index contributed by atoms with van der Waals surface area (Å²) in [5, 5.41) is 0. The monoisotopic (exact) mass is 302 g/mol. The van der Waals surface area contributed by atoms with E-state index in [1.807, 2.05) is 28.8 Å². The van der Waals surface area contributed by atoms with Crippen LogP contribution in [0.5, 0.6) is 5.75 Å². The van der Waals surface area contributed by atoms with Crippen molar-refractivity contribution in [2.75, 3.05) is 7.11 Å². The first-order valence-electron chi connectivity index (χ1n) is 7.17. The number of hydrogen-bond donors (Lipinski definition) is 1. The van der Waals surface area contributed by atoms with Crippen LogP contribution in [0.1, 0.15) is 23.2 Å². The molecule has 0 fully saturated rings. The molecule has 2 aromatic rings. The van der Waals surface area contributed by atoms with Crippen molar-refractivity contribution in [3.8, 4) is 5.75 Å². The molecule has 3 rings (SSSR count). The maximum absolute atomic E-state index is 12.2. The fourth-order valence-electron chi connectivity index (χ4n) is 3.01. The molecule has 110 valence electrons. The number of aryl methyl sites for hydroxylation is 1. The number of aromatic nitrogens is 2. The molecule has 0 unspecified atom stereocenters. The summed E-state index contributed by atoms with van der Waals surface area (Å²) >= 11 is 5.25. The molecule has 0 bridgehead atoms. The minimum absolute atomic E-state index is 0.101. The van der Waals surface area contributed by atoms with Crippen LogP contribution in [-0.4, -0.2) is 16.7 Å². The first-order valence-corrected chi connectivity index (χ1v) is 7.58. The topological polar surface area (TPSA) is 47.0 Å². The Kier molecular flexibility index (Phi) is 3.92. The summed E-state index contributed by atoms with van der Waals surface area (Å²) in [5.74, 6) is 0.867. The number of H-pyrrole nitrogens is 1. The van der Waals surface area contributed by atoms with Gasteiger partial charge in [0.15, 0.2) is 0 Å². The van der Waals surface area contributed by atoms with Gasteiger partial charge in [0.1, 0.15) is 10.4 Å². The lowest BCUT2D eigenvalue weighted by Gasteiger charge is -2.13. The van der Waals surface area contributed by atoms with E-state index >= 15 is 0 Å². The van der Waals surface area contributed by atoms with Gasteiger partial charge in [0.05, 0.1) is 7.11 Å². The SMILES string of the molecule is COc1ccccc1CCn1c2c(c(=S)[nH]c1=O)CCC2. The fraction of sp³-hybridized carbons (Fsp3) is 0.375. The zero-order valence-corrected chi connectivity index (χ0v) is 12.8. The van der Waals surface area contributed by atoms with Crippen LogP contribution >= 0.6 is 12.2 Å². The van der Waals surface area contributed by atoms with E-state index in [0.717, 1.165) is 48.3 Å². The minimum Gasteiger partial charge on any atom is -0.496 e. The van der Waals surface area contributed by atoms with Crippen LogP contribution in [0.3, 0.4) is 0 Å². The molecule has 0 saturated heterocycles. The van der Waals surface area contributed by atoms with E-state index in [1.54, 1.807) is 7.11 Å². The number of rotatable bonds is 4. The van der Waals surface area contributed by atoms with Crippen LogP contribution < -0.4 is 10.4 Å². The van der Waals surface area contributed by atoms with Gasteiger partial charge in [-0.1, -0.05) is 30.4 Å². The third-order valence-electron chi connectivity index (χ3n) is 4.05. The number of fused-ring (bicyclic) bond motifs is 1. The van der Waals surface area contributed by atoms with E-state index in [-0.39, 0.29) is 5.69 Å². The zero-order valence-electron chi connectivity index (χ0n) is 12.0. The quantitative estimate of drug-likeness (QED) is 0.883. The van der Waals surface area contributed by atoms with Crippen LogP contribution in [0.2, 0.25) is 0 Å². The normalized spacial score (nSPS) is 13.2. The average molecular weight is 302 g/mol. The molecule has 4 nitrogen and oxygen atoms in total. The fourth-order valence-corrected chi connectivity index (χ4v) is 3.32. The predicted molar refractivity (Wildman–Crippen MR) is 84.6 cm³/mol. The van der Waals surface area contributed by atoms with Gasteiger partial charge in [0, 0.05) is 17.8 Å². The number of ether oxygens (including phenoxy) is 1. The van der Waals surface area contributed by atoms with Crippen molar-refractivity contribution in [2.45, 2.75) is 32.2 Å². The molecule has 1 aromatic carbocycles. The van der Waals surface area contributed by atoms with Crippen LogP contribution in [0.15, 0.2) is 29.1 Å². The molecule has 0 amide bonds. The third-order valence-corrected chi connectivity index (χ3v) is 4.40. The molecule has 1 aliphatic rings. The predicted octanol–water partition coefficient (Wildman–Crippen LogP) is 2.65. The number of para-hydroxylation sites is 1. The van der Waals surface area contributed by atoms with Crippen LogP contribution in [0.4, 0.5) is 0 Å². The van der Waals surface area contributed by atoms with E-state index in [1.165, 1.54) is 0 Å². The van der Waals surface area contributed by atoms with Crippen molar-refractivity contribution in [3.63, 3.8) is 0 Å². The number of methoxy groups -OCH3 is 1. The summed E-state index contributed by atoms with van der Waals surface area (Å²) in [6, 6.07) is 7.92. The molecule has 1 aromatic heterocycles. The Bertz CT molecular complexity index is 777. The Morgan fingerprint density at radius 1 is 1.33 bits per heavy atom. The van der Waals surface area contributed by atoms with Gasteiger partial charge in [-0.25, -0.2) is 4.79 Å². The highest BCUT2D eigenvalue weighted by Crippen LogP contribution is 2.22. The van der Waals surface area contributed by atoms with Gasteiger partial charge in [-0.3, -0.25) is 9.55 Å². The number of hydrogen-bond acceptors (Lipinski definition) is 3. The van der Waals surface area contributed by atoms with E-state index in [9.17, 15) is 4.79 Å². The number of nitrogens with one attached hydrogen (secondary N) is 1. The molecule has 0 radical (unpaired) electrons. The molecule has 0 atom stereocenters. The van der Waals surface area contributed by atoms with Gasteiger partial charge in [-0.2, -0.15) is 0 Å². The largest absolute Gasteiger partial charge is 0.496 e. The first kappa shape index (κ1) is 14.1. The van der Waals surface area contributed by atoms with Crippen molar-refractivity contribution in [1.82, 2.24) is 9.55 Å². The summed E-state index contributed by atoms with van der Waals surface area (Å²) in [5.41, 5.74) is 3.26. The van der Waals surface area contributed by atoms with E-state index in [4.69, 9.17) is 17.0 Å². The van der Waals surface area contributed by atoms with Crippen LogP contribution in [-0.2, 0) is 25.8 Å². The highest BCUT2D eigenvalue weighted by Gasteiger charge is 2.18. The number of benzene rings is 1. The van der Waals surface area contributed by atoms with Gasteiger partial charge in [0.25, 0.3) is 0 Å². The van der Waals surface area contributed by atoms with Crippen LogP contribution in [0.25, 0.3) is 0 Å². The van der Waals surface area contributed by atoms with Crippen LogP contribution in [0, 0.1) is 4.64 Å². The molecule has 1 aliphatic carbocycles. The second-order valence-electron chi connectivity index (χ2n) is 5.25. The lowest BCUT2D eigenvalue weighted by atomic mass is 10.1. The van der Waals surface area contributed by atoms with Crippen molar-refractivity contribution in [1.29, 1.82) is 0 Å². The standard InChI is InChI=1S/C16H18N2O2S/c1-20-14-8-3-2-5-11(14)9-10-18-13-7-4-6-12(13)15(21)17-16(18)19/h2-3,5,8H,4,6-7,9-10H2,1H3,(H,17,19,21). The summed E-state index contributed by atoms with van der Waals surface area (Å²) in [7, 11) is 1.67. The Morgan fingerprint density at radius 3 is 2.95 bits per heavy atom. The number of aromatic amines is 1. The lowest BCUT2D eigenvalue weighted by molar-refractivity contribution is 0.408. The Balaban J connectivity index is 1.91. The summed E-state index contributed by atoms with van der Waals surface area (Å²) in [4.78, 5) is 15.0. The van der Waals surface area contributed by atoms with E-state index < -0.39 is 0 Å². The van der Waals surface area contributed by atoms with Crippen molar-refractivity contribution < 1.29 is 4.74 Å². The smallest absolute Gasteiger partial charge is 0.326 e. The summed E-state index contributed by atoms with van der Waals surface area (Å²) in [6.45, 7) is 0.646. The van der Waals surface area contributed by atoms with Gasteiger partial charge < -0.3 is 4.74 Å². The molecular formula is C16H18N2O2S. The van der Waals surface area contributed by atoms with Gasteiger partial charge in [-0.05, 0) is 37.3 Å². The molecule has 1 N–H and O–H groups in total.